The molecule has 0 fully saturated rings. The van der Waals surface area contributed by atoms with E-state index in [1.807, 2.05) is 0 Å². The molecule has 2 nitrogen and oxygen atoms in total. The zero-order valence-corrected chi connectivity index (χ0v) is 11.2. The summed E-state index contributed by atoms with van der Waals surface area (Å²) in [5.41, 5.74) is 0.234. The Bertz CT molecular complexity index is 140. The fraction of sp³-hybridized carbons (Fsp3) is 1.00. The average molecular weight is 215 g/mol. The van der Waals surface area contributed by atoms with Crippen LogP contribution in [0.5, 0.6) is 0 Å². The molecule has 0 aliphatic heterocycles. The highest BCUT2D eigenvalue weighted by Crippen LogP contribution is 2.12. The zero-order valence-electron chi connectivity index (χ0n) is 11.2. The summed E-state index contributed by atoms with van der Waals surface area (Å²) in [5, 5.41) is 3.58. The molecule has 92 valence electrons. The second kappa shape index (κ2) is 8.12. The van der Waals surface area contributed by atoms with Gasteiger partial charge in [0.2, 0.25) is 0 Å². The molecule has 0 saturated heterocycles. The molecule has 0 aromatic heterocycles. The van der Waals surface area contributed by atoms with Gasteiger partial charge in [-0.05, 0) is 53.0 Å². The standard InChI is InChI=1S/C13H29NO/c1-6-8-12(9-10-15-7-2)11-14-13(3,4)5/h12,14H,6-11H2,1-5H3. The fourth-order valence-corrected chi connectivity index (χ4v) is 1.60. The van der Waals surface area contributed by atoms with Crippen molar-refractivity contribution in [3.63, 3.8) is 0 Å². The lowest BCUT2D eigenvalue weighted by molar-refractivity contribution is 0.128. The van der Waals surface area contributed by atoms with Crippen molar-refractivity contribution in [1.82, 2.24) is 5.32 Å². The molecule has 0 aliphatic rings. The van der Waals surface area contributed by atoms with Crippen molar-refractivity contribution in [1.29, 1.82) is 0 Å². The first-order chi connectivity index (χ1) is 6.99. The molecule has 2 heteroatoms. The Morgan fingerprint density at radius 1 is 1.13 bits per heavy atom. The Hall–Kier alpha value is -0.0800. The molecule has 0 saturated carbocycles. The molecule has 0 spiro atoms. The van der Waals surface area contributed by atoms with Gasteiger partial charge in [-0.25, -0.2) is 0 Å². The maximum absolute atomic E-state index is 5.41. The molecule has 0 amide bonds. The van der Waals surface area contributed by atoms with Crippen LogP contribution in [0.3, 0.4) is 0 Å². The molecule has 1 unspecified atom stereocenters. The maximum Gasteiger partial charge on any atom is 0.0469 e. The minimum Gasteiger partial charge on any atom is -0.382 e. The Balaban J connectivity index is 3.72. The molecule has 0 aromatic carbocycles. The molecular weight excluding hydrogens is 186 g/mol. The van der Waals surface area contributed by atoms with E-state index in [0.717, 1.165) is 25.7 Å². The second-order valence-corrected chi connectivity index (χ2v) is 5.27. The Morgan fingerprint density at radius 2 is 1.80 bits per heavy atom. The topological polar surface area (TPSA) is 21.3 Å². The first-order valence-electron chi connectivity index (χ1n) is 6.32. The lowest BCUT2D eigenvalue weighted by Crippen LogP contribution is -2.39. The minimum absolute atomic E-state index is 0.234. The van der Waals surface area contributed by atoms with Gasteiger partial charge in [0.1, 0.15) is 0 Å². The van der Waals surface area contributed by atoms with Crippen molar-refractivity contribution in [2.24, 2.45) is 5.92 Å². The third-order valence-corrected chi connectivity index (χ3v) is 2.49. The number of hydrogen-bond donors (Lipinski definition) is 1. The second-order valence-electron chi connectivity index (χ2n) is 5.27. The van der Waals surface area contributed by atoms with Crippen molar-refractivity contribution in [2.75, 3.05) is 19.8 Å². The first-order valence-corrected chi connectivity index (χ1v) is 6.32. The first kappa shape index (κ1) is 14.9. The van der Waals surface area contributed by atoms with E-state index in [1.165, 1.54) is 19.3 Å². The van der Waals surface area contributed by atoms with Crippen LogP contribution < -0.4 is 5.32 Å². The quantitative estimate of drug-likeness (QED) is 0.628. The molecule has 0 radical (unpaired) electrons. The summed E-state index contributed by atoms with van der Waals surface area (Å²) in [5.74, 6) is 0.765. The summed E-state index contributed by atoms with van der Waals surface area (Å²) in [6.07, 6.45) is 3.75. The van der Waals surface area contributed by atoms with Gasteiger partial charge in [-0.15, -0.1) is 0 Å². The Morgan fingerprint density at radius 3 is 2.27 bits per heavy atom. The van der Waals surface area contributed by atoms with Crippen LogP contribution in [0.1, 0.15) is 53.9 Å². The predicted octanol–water partition coefficient (Wildman–Crippen LogP) is 3.22. The van der Waals surface area contributed by atoms with E-state index >= 15 is 0 Å². The van der Waals surface area contributed by atoms with E-state index in [9.17, 15) is 0 Å². The fourth-order valence-electron chi connectivity index (χ4n) is 1.60. The van der Waals surface area contributed by atoms with E-state index in [1.54, 1.807) is 0 Å². The largest absolute Gasteiger partial charge is 0.382 e. The molecular formula is C13H29NO. The van der Waals surface area contributed by atoms with Gasteiger partial charge in [0.05, 0.1) is 0 Å². The van der Waals surface area contributed by atoms with E-state index in [4.69, 9.17) is 4.74 Å². The van der Waals surface area contributed by atoms with Gasteiger partial charge in [0.25, 0.3) is 0 Å². The van der Waals surface area contributed by atoms with Crippen LogP contribution in [0.4, 0.5) is 0 Å². The molecule has 0 heterocycles. The SMILES string of the molecule is CCCC(CCOCC)CNC(C)(C)C. The van der Waals surface area contributed by atoms with Crippen molar-refractivity contribution < 1.29 is 4.74 Å². The Labute approximate surface area is 95.8 Å². The highest BCUT2D eigenvalue weighted by Gasteiger charge is 2.13. The third-order valence-electron chi connectivity index (χ3n) is 2.49. The van der Waals surface area contributed by atoms with Gasteiger partial charge < -0.3 is 10.1 Å². The number of hydrogen-bond acceptors (Lipinski definition) is 2. The van der Waals surface area contributed by atoms with Crippen LogP contribution >= 0.6 is 0 Å². The van der Waals surface area contributed by atoms with E-state index < -0.39 is 0 Å². The van der Waals surface area contributed by atoms with E-state index in [2.05, 4.69) is 39.9 Å². The summed E-state index contributed by atoms with van der Waals surface area (Å²) in [4.78, 5) is 0. The Kier molecular flexibility index (Phi) is 8.07. The normalized spacial score (nSPS) is 14.2. The van der Waals surface area contributed by atoms with Crippen molar-refractivity contribution >= 4 is 0 Å². The maximum atomic E-state index is 5.41. The van der Waals surface area contributed by atoms with E-state index in [0.29, 0.717) is 0 Å². The van der Waals surface area contributed by atoms with Crippen LogP contribution in [0, 0.1) is 5.92 Å². The van der Waals surface area contributed by atoms with Crippen LogP contribution in [0.2, 0.25) is 0 Å². The van der Waals surface area contributed by atoms with E-state index in [-0.39, 0.29) is 5.54 Å². The van der Waals surface area contributed by atoms with Crippen LogP contribution in [-0.2, 0) is 4.74 Å². The monoisotopic (exact) mass is 215 g/mol. The molecule has 1 N–H and O–H groups in total. The van der Waals surface area contributed by atoms with Crippen LogP contribution in [0.25, 0.3) is 0 Å². The van der Waals surface area contributed by atoms with Crippen LogP contribution in [-0.4, -0.2) is 25.3 Å². The molecule has 0 aliphatic carbocycles. The highest BCUT2D eigenvalue weighted by molar-refractivity contribution is 4.73. The highest BCUT2D eigenvalue weighted by atomic mass is 16.5. The van der Waals surface area contributed by atoms with Gasteiger partial charge >= 0.3 is 0 Å². The van der Waals surface area contributed by atoms with Gasteiger partial charge in [-0.3, -0.25) is 0 Å². The minimum atomic E-state index is 0.234. The smallest absolute Gasteiger partial charge is 0.0469 e. The van der Waals surface area contributed by atoms with Crippen LogP contribution in [0.15, 0.2) is 0 Å². The lowest BCUT2D eigenvalue weighted by Gasteiger charge is -2.25. The van der Waals surface area contributed by atoms with Crippen molar-refractivity contribution in [2.45, 2.75) is 59.4 Å². The van der Waals surface area contributed by atoms with Crippen molar-refractivity contribution in [3.8, 4) is 0 Å². The molecule has 0 bridgehead atoms. The van der Waals surface area contributed by atoms with Gasteiger partial charge in [-0.1, -0.05) is 13.3 Å². The number of ether oxygens (including phenoxy) is 1. The van der Waals surface area contributed by atoms with Gasteiger partial charge in [0, 0.05) is 18.8 Å². The average Bonchev–Trinajstić information content (AvgIpc) is 2.13. The summed E-state index contributed by atoms with van der Waals surface area (Å²) in [6.45, 7) is 13.8. The summed E-state index contributed by atoms with van der Waals surface area (Å²) >= 11 is 0. The predicted molar refractivity (Wildman–Crippen MR) is 67.3 cm³/mol. The molecule has 0 aromatic rings. The van der Waals surface area contributed by atoms with Gasteiger partial charge in [-0.2, -0.15) is 0 Å². The molecule has 1 atom stereocenters. The molecule has 15 heavy (non-hydrogen) atoms. The third kappa shape index (κ3) is 10.2. The lowest BCUT2D eigenvalue weighted by atomic mass is 9.98. The summed E-state index contributed by atoms with van der Waals surface area (Å²) in [7, 11) is 0. The summed E-state index contributed by atoms with van der Waals surface area (Å²) < 4.78 is 5.41. The van der Waals surface area contributed by atoms with Gasteiger partial charge in [0.15, 0.2) is 0 Å². The van der Waals surface area contributed by atoms with Crippen molar-refractivity contribution in [3.05, 3.63) is 0 Å². The zero-order chi connectivity index (χ0) is 11.7. The molecule has 0 rings (SSSR count). The number of rotatable bonds is 8. The summed E-state index contributed by atoms with van der Waals surface area (Å²) in [6, 6.07) is 0. The number of nitrogens with one attached hydrogen (secondary N) is 1.